The van der Waals surface area contributed by atoms with E-state index < -0.39 is 0 Å². The molecule has 0 aromatic heterocycles. The predicted molar refractivity (Wildman–Crippen MR) is 64.2 cm³/mol. The van der Waals surface area contributed by atoms with Crippen molar-refractivity contribution in [3.8, 4) is 0 Å². The van der Waals surface area contributed by atoms with Gasteiger partial charge >= 0.3 is 0 Å². The van der Waals surface area contributed by atoms with Crippen molar-refractivity contribution in [1.29, 1.82) is 0 Å². The molecular weight excluding hydrogens is 212 g/mol. The van der Waals surface area contributed by atoms with Crippen LogP contribution in [0.5, 0.6) is 0 Å². The lowest BCUT2D eigenvalue weighted by Gasteiger charge is -2.07. The molecule has 4 heteroatoms. The van der Waals surface area contributed by atoms with Gasteiger partial charge in [-0.3, -0.25) is 4.79 Å². The van der Waals surface area contributed by atoms with E-state index in [2.05, 4.69) is 17.2 Å². The predicted octanol–water partition coefficient (Wildman–Crippen LogP) is 2.81. The first-order valence-electron chi connectivity index (χ1n) is 4.53. The van der Waals surface area contributed by atoms with Crippen LogP contribution in [0.1, 0.15) is 6.92 Å². The summed E-state index contributed by atoms with van der Waals surface area (Å²) >= 11 is 5.63. The second-order valence-electron chi connectivity index (χ2n) is 3.13. The van der Waals surface area contributed by atoms with Gasteiger partial charge in [0.1, 0.15) is 0 Å². The maximum absolute atomic E-state index is 10.8. The van der Waals surface area contributed by atoms with Crippen LogP contribution in [-0.2, 0) is 4.79 Å². The maximum Gasteiger partial charge on any atom is 0.221 e. The summed E-state index contributed by atoms with van der Waals surface area (Å²) in [5.74, 6) is -0.0890. The molecule has 1 rings (SSSR count). The molecule has 0 spiro atoms. The molecule has 1 amide bonds. The van der Waals surface area contributed by atoms with E-state index in [0.29, 0.717) is 11.6 Å². The van der Waals surface area contributed by atoms with E-state index in [1.54, 1.807) is 0 Å². The van der Waals surface area contributed by atoms with Crippen LogP contribution in [0.25, 0.3) is 0 Å². The Bertz CT molecular complexity index is 377. The molecular formula is C11H13ClN2O. The molecule has 80 valence electrons. The van der Waals surface area contributed by atoms with E-state index in [-0.39, 0.29) is 5.91 Å². The highest BCUT2D eigenvalue weighted by Gasteiger charge is 1.97. The van der Waals surface area contributed by atoms with Crippen LogP contribution in [0.3, 0.4) is 0 Å². The van der Waals surface area contributed by atoms with Crippen LogP contribution in [-0.4, -0.2) is 12.5 Å². The smallest absolute Gasteiger partial charge is 0.221 e. The Hall–Kier alpha value is -1.48. The zero-order valence-electron chi connectivity index (χ0n) is 8.51. The van der Waals surface area contributed by atoms with Gasteiger partial charge in [-0.25, -0.2) is 0 Å². The van der Waals surface area contributed by atoms with Gasteiger partial charge in [0.15, 0.2) is 0 Å². The molecule has 1 aromatic rings. The Morgan fingerprint density at radius 3 is 2.73 bits per heavy atom. The SMILES string of the molecule is C=C(Cl)CNc1cccc(NC(C)=O)c1. The monoisotopic (exact) mass is 224 g/mol. The second-order valence-corrected chi connectivity index (χ2v) is 3.67. The van der Waals surface area contributed by atoms with E-state index >= 15 is 0 Å². The molecule has 0 fully saturated rings. The molecule has 0 atom stereocenters. The molecule has 2 N–H and O–H groups in total. The fourth-order valence-electron chi connectivity index (χ4n) is 1.11. The number of hydrogen-bond acceptors (Lipinski definition) is 2. The van der Waals surface area contributed by atoms with Crippen LogP contribution in [0.4, 0.5) is 11.4 Å². The minimum Gasteiger partial charge on any atom is -0.380 e. The maximum atomic E-state index is 10.8. The van der Waals surface area contributed by atoms with Gasteiger partial charge in [0.05, 0.1) is 6.54 Å². The highest BCUT2D eigenvalue weighted by Crippen LogP contribution is 2.15. The van der Waals surface area contributed by atoms with Crippen LogP contribution < -0.4 is 10.6 Å². The quantitative estimate of drug-likeness (QED) is 0.826. The van der Waals surface area contributed by atoms with Gasteiger partial charge in [-0.05, 0) is 18.2 Å². The fraction of sp³-hybridized carbons (Fsp3) is 0.182. The largest absolute Gasteiger partial charge is 0.380 e. The minimum absolute atomic E-state index is 0.0890. The first-order chi connectivity index (χ1) is 7.08. The van der Waals surface area contributed by atoms with Crippen molar-refractivity contribution in [1.82, 2.24) is 0 Å². The normalized spacial score (nSPS) is 9.47. The zero-order chi connectivity index (χ0) is 11.3. The zero-order valence-corrected chi connectivity index (χ0v) is 9.27. The third-order valence-corrected chi connectivity index (χ3v) is 1.80. The molecule has 0 radical (unpaired) electrons. The highest BCUT2D eigenvalue weighted by atomic mass is 35.5. The third kappa shape index (κ3) is 4.51. The van der Waals surface area contributed by atoms with Crippen LogP contribution in [0, 0.1) is 0 Å². The molecule has 1 aromatic carbocycles. The first kappa shape index (κ1) is 11.6. The molecule has 0 saturated heterocycles. The standard InChI is InChI=1S/C11H13ClN2O/c1-8(12)7-13-10-4-3-5-11(6-10)14-9(2)15/h3-6,13H,1,7H2,2H3,(H,14,15). The molecule has 0 bridgehead atoms. The van der Waals surface area contributed by atoms with E-state index in [4.69, 9.17) is 11.6 Å². The topological polar surface area (TPSA) is 41.1 Å². The molecule has 0 heterocycles. The molecule has 15 heavy (non-hydrogen) atoms. The molecule has 3 nitrogen and oxygen atoms in total. The van der Waals surface area contributed by atoms with E-state index in [1.807, 2.05) is 24.3 Å². The van der Waals surface area contributed by atoms with E-state index in [9.17, 15) is 4.79 Å². The lowest BCUT2D eigenvalue weighted by molar-refractivity contribution is -0.114. The number of hydrogen-bond donors (Lipinski definition) is 2. The van der Waals surface area contributed by atoms with Crippen molar-refractivity contribution in [2.45, 2.75) is 6.92 Å². The summed E-state index contributed by atoms with van der Waals surface area (Å²) in [7, 11) is 0. The number of carbonyl (C=O) groups excluding carboxylic acids is 1. The number of anilines is 2. The lowest BCUT2D eigenvalue weighted by atomic mass is 10.2. The molecule has 0 saturated carbocycles. The minimum atomic E-state index is -0.0890. The van der Waals surface area contributed by atoms with Gasteiger partial charge in [0.2, 0.25) is 5.91 Å². The Balaban J connectivity index is 2.65. The molecule has 0 aliphatic heterocycles. The summed E-state index contributed by atoms with van der Waals surface area (Å²) in [6.45, 7) is 5.55. The van der Waals surface area contributed by atoms with Gasteiger partial charge in [-0.1, -0.05) is 24.2 Å². The van der Waals surface area contributed by atoms with Crippen molar-refractivity contribution in [2.24, 2.45) is 0 Å². The van der Waals surface area contributed by atoms with E-state index in [1.165, 1.54) is 6.92 Å². The highest BCUT2D eigenvalue weighted by molar-refractivity contribution is 6.29. The Labute approximate surface area is 94.1 Å². The summed E-state index contributed by atoms with van der Waals surface area (Å²) in [6, 6.07) is 7.40. The number of amides is 1. The average molecular weight is 225 g/mol. The van der Waals surface area contributed by atoms with Crippen LogP contribution in [0.2, 0.25) is 0 Å². The van der Waals surface area contributed by atoms with E-state index in [0.717, 1.165) is 11.4 Å². The van der Waals surface area contributed by atoms with Gasteiger partial charge in [0, 0.05) is 23.3 Å². The van der Waals surface area contributed by atoms with Crippen molar-refractivity contribution in [3.63, 3.8) is 0 Å². The molecule has 0 unspecified atom stereocenters. The summed E-state index contributed by atoms with van der Waals surface area (Å²) in [5, 5.41) is 6.32. The number of carbonyl (C=O) groups is 1. The number of nitrogens with one attached hydrogen (secondary N) is 2. The van der Waals surface area contributed by atoms with Crippen LogP contribution in [0.15, 0.2) is 35.9 Å². The van der Waals surface area contributed by atoms with Crippen molar-refractivity contribution in [3.05, 3.63) is 35.9 Å². The molecule has 0 aliphatic rings. The van der Waals surface area contributed by atoms with Crippen LogP contribution >= 0.6 is 11.6 Å². The molecule has 0 aliphatic carbocycles. The van der Waals surface area contributed by atoms with Gasteiger partial charge in [0.25, 0.3) is 0 Å². The number of benzene rings is 1. The van der Waals surface area contributed by atoms with Gasteiger partial charge in [-0.15, -0.1) is 0 Å². The Morgan fingerprint density at radius 1 is 1.47 bits per heavy atom. The van der Waals surface area contributed by atoms with Crippen molar-refractivity contribution >= 4 is 28.9 Å². The first-order valence-corrected chi connectivity index (χ1v) is 4.90. The summed E-state index contributed by atoms with van der Waals surface area (Å²) in [4.78, 5) is 10.8. The van der Waals surface area contributed by atoms with Gasteiger partial charge in [-0.2, -0.15) is 0 Å². The van der Waals surface area contributed by atoms with Crippen molar-refractivity contribution < 1.29 is 4.79 Å². The lowest BCUT2D eigenvalue weighted by Crippen LogP contribution is -2.06. The summed E-state index contributed by atoms with van der Waals surface area (Å²) in [6.07, 6.45) is 0. The second kappa shape index (κ2) is 5.41. The number of halogens is 1. The van der Waals surface area contributed by atoms with Crippen molar-refractivity contribution in [2.75, 3.05) is 17.2 Å². The fourth-order valence-corrected chi connectivity index (χ4v) is 1.17. The Kier molecular flexibility index (Phi) is 4.18. The summed E-state index contributed by atoms with van der Waals surface area (Å²) in [5.41, 5.74) is 1.65. The third-order valence-electron chi connectivity index (χ3n) is 1.67. The van der Waals surface area contributed by atoms with Gasteiger partial charge < -0.3 is 10.6 Å². The number of rotatable bonds is 4. The Morgan fingerprint density at radius 2 is 2.13 bits per heavy atom. The average Bonchev–Trinajstić information content (AvgIpc) is 2.14. The summed E-state index contributed by atoms with van der Waals surface area (Å²) < 4.78 is 0.